The van der Waals surface area contributed by atoms with Gasteiger partial charge in [0.05, 0.1) is 13.2 Å². The van der Waals surface area contributed by atoms with Crippen LogP contribution in [0.2, 0.25) is 0 Å². The molecule has 1 aliphatic carbocycles. The molecule has 3 atom stereocenters. The molecule has 0 bridgehead atoms. The maximum absolute atomic E-state index is 5.60. The minimum Gasteiger partial charge on any atom is -0.382 e. The van der Waals surface area contributed by atoms with Gasteiger partial charge in [0.2, 0.25) is 0 Å². The van der Waals surface area contributed by atoms with Crippen molar-refractivity contribution in [2.24, 2.45) is 17.8 Å². The molecule has 3 heteroatoms. The standard InChI is InChI=1S/C18H37NO2/c1-15-8-9-17(14-19-18(2,3)4)16(13-15)7-6-10-21-12-11-20-5/h15-17,19H,6-14H2,1-5H3. The summed E-state index contributed by atoms with van der Waals surface area (Å²) in [5, 5.41) is 3.71. The molecule has 1 saturated carbocycles. The fraction of sp³-hybridized carbons (Fsp3) is 1.00. The van der Waals surface area contributed by atoms with E-state index >= 15 is 0 Å². The lowest BCUT2D eigenvalue weighted by molar-refractivity contribution is 0.0629. The minimum atomic E-state index is 0.233. The molecule has 21 heavy (non-hydrogen) atoms. The molecule has 0 saturated heterocycles. The van der Waals surface area contributed by atoms with Gasteiger partial charge >= 0.3 is 0 Å². The number of hydrogen-bond donors (Lipinski definition) is 1. The molecule has 0 aromatic carbocycles. The Morgan fingerprint density at radius 2 is 1.81 bits per heavy atom. The van der Waals surface area contributed by atoms with E-state index < -0.39 is 0 Å². The van der Waals surface area contributed by atoms with Crippen molar-refractivity contribution in [3.63, 3.8) is 0 Å². The molecule has 0 radical (unpaired) electrons. The Bertz CT molecular complexity index is 262. The summed E-state index contributed by atoms with van der Waals surface area (Å²) in [7, 11) is 1.72. The lowest BCUT2D eigenvalue weighted by atomic mass is 9.72. The molecule has 3 nitrogen and oxygen atoms in total. The fourth-order valence-corrected chi connectivity index (χ4v) is 3.31. The van der Waals surface area contributed by atoms with Crippen LogP contribution in [0.5, 0.6) is 0 Å². The van der Waals surface area contributed by atoms with Crippen LogP contribution in [-0.4, -0.2) is 39.0 Å². The van der Waals surface area contributed by atoms with Gasteiger partial charge in [0.15, 0.2) is 0 Å². The summed E-state index contributed by atoms with van der Waals surface area (Å²) in [5.74, 6) is 2.62. The van der Waals surface area contributed by atoms with Gasteiger partial charge in [0.25, 0.3) is 0 Å². The van der Waals surface area contributed by atoms with Crippen LogP contribution < -0.4 is 5.32 Å². The van der Waals surface area contributed by atoms with Crippen LogP contribution in [0.4, 0.5) is 0 Å². The first kappa shape index (κ1) is 18.9. The van der Waals surface area contributed by atoms with E-state index in [9.17, 15) is 0 Å². The Morgan fingerprint density at radius 1 is 1.05 bits per heavy atom. The van der Waals surface area contributed by atoms with Crippen molar-refractivity contribution >= 4 is 0 Å². The molecule has 0 spiro atoms. The summed E-state index contributed by atoms with van der Waals surface area (Å²) >= 11 is 0. The molecule has 1 rings (SSSR count). The molecule has 0 amide bonds. The first-order valence-electron chi connectivity index (χ1n) is 8.74. The van der Waals surface area contributed by atoms with Crippen LogP contribution in [0.25, 0.3) is 0 Å². The van der Waals surface area contributed by atoms with E-state index in [4.69, 9.17) is 9.47 Å². The number of rotatable bonds is 9. The van der Waals surface area contributed by atoms with Gasteiger partial charge in [-0.3, -0.25) is 0 Å². The van der Waals surface area contributed by atoms with Crippen LogP contribution in [0, 0.1) is 17.8 Å². The van der Waals surface area contributed by atoms with Gasteiger partial charge < -0.3 is 14.8 Å². The van der Waals surface area contributed by atoms with E-state index in [2.05, 4.69) is 33.0 Å². The largest absolute Gasteiger partial charge is 0.382 e. The molecule has 0 heterocycles. The maximum Gasteiger partial charge on any atom is 0.0700 e. The van der Waals surface area contributed by atoms with Gasteiger partial charge in [-0.05, 0) is 70.8 Å². The molecule has 1 fully saturated rings. The lowest BCUT2D eigenvalue weighted by Crippen LogP contribution is -2.42. The smallest absolute Gasteiger partial charge is 0.0700 e. The second-order valence-corrected chi connectivity index (χ2v) is 7.82. The van der Waals surface area contributed by atoms with E-state index in [1.165, 1.54) is 38.6 Å². The lowest BCUT2D eigenvalue weighted by Gasteiger charge is -2.37. The molecule has 0 aromatic rings. The van der Waals surface area contributed by atoms with Crippen molar-refractivity contribution in [2.75, 3.05) is 33.5 Å². The third kappa shape index (κ3) is 8.80. The molecule has 3 unspecified atom stereocenters. The second-order valence-electron chi connectivity index (χ2n) is 7.82. The molecule has 0 aliphatic heterocycles. The number of nitrogens with one attached hydrogen (secondary N) is 1. The van der Waals surface area contributed by atoms with Gasteiger partial charge in [-0.15, -0.1) is 0 Å². The Morgan fingerprint density at radius 3 is 2.48 bits per heavy atom. The SMILES string of the molecule is COCCOCCCC1CC(C)CCC1CNC(C)(C)C. The van der Waals surface area contributed by atoms with E-state index in [0.717, 1.165) is 31.0 Å². The Hall–Kier alpha value is -0.120. The maximum atomic E-state index is 5.60. The minimum absolute atomic E-state index is 0.233. The molecule has 1 aliphatic rings. The Kier molecular flexibility index (Phi) is 8.84. The molecule has 1 N–H and O–H groups in total. The normalized spacial score (nSPS) is 27.0. The molecule has 0 aromatic heterocycles. The predicted octanol–water partition coefficient (Wildman–Crippen LogP) is 3.87. The van der Waals surface area contributed by atoms with Gasteiger partial charge in [-0.1, -0.05) is 13.3 Å². The van der Waals surface area contributed by atoms with Crippen molar-refractivity contribution in [1.29, 1.82) is 0 Å². The summed E-state index contributed by atoms with van der Waals surface area (Å²) in [6.45, 7) is 12.7. The third-order valence-corrected chi connectivity index (χ3v) is 4.59. The van der Waals surface area contributed by atoms with E-state index in [1.54, 1.807) is 7.11 Å². The quantitative estimate of drug-likeness (QED) is 0.656. The van der Waals surface area contributed by atoms with Crippen LogP contribution in [0.1, 0.15) is 59.8 Å². The van der Waals surface area contributed by atoms with Gasteiger partial charge in [0.1, 0.15) is 0 Å². The molecular formula is C18H37NO2. The van der Waals surface area contributed by atoms with Crippen molar-refractivity contribution in [2.45, 2.75) is 65.3 Å². The Balaban J connectivity index is 2.28. The summed E-state index contributed by atoms with van der Waals surface area (Å²) in [4.78, 5) is 0. The monoisotopic (exact) mass is 299 g/mol. The number of methoxy groups -OCH3 is 1. The van der Waals surface area contributed by atoms with Gasteiger partial charge in [0, 0.05) is 19.3 Å². The highest BCUT2D eigenvalue weighted by atomic mass is 16.5. The van der Waals surface area contributed by atoms with Crippen molar-refractivity contribution < 1.29 is 9.47 Å². The summed E-state index contributed by atoms with van der Waals surface area (Å²) in [5.41, 5.74) is 0.233. The summed E-state index contributed by atoms with van der Waals surface area (Å²) in [6, 6.07) is 0. The molecule has 126 valence electrons. The zero-order chi connectivity index (χ0) is 15.7. The van der Waals surface area contributed by atoms with E-state index in [0.29, 0.717) is 6.61 Å². The predicted molar refractivity (Wildman–Crippen MR) is 89.7 cm³/mol. The average Bonchev–Trinajstić information content (AvgIpc) is 2.40. The van der Waals surface area contributed by atoms with E-state index in [-0.39, 0.29) is 5.54 Å². The van der Waals surface area contributed by atoms with Crippen molar-refractivity contribution in [3.05, 3.63) is 0 Å². The van der Waals surface area contributed by atoms with Gasteiger partial charge in [-0.25, -0.2) is 0 Å². The Labute approximate surface area is 132 Å². The second kappa shape index (κ2) is 9.81. The zero-order valence-electron chi connectivity index (χ0n) is 14.9. The number of ether oxygens (including phenoxy) is 2. The third-order valence-electron chi connectivity index (χ3n) is 4.59. The highest BCUT2D eigenvalue weighted by Gasteiger charge is 2.28. The van der Waals surface area contributed by atoms with Gasteiger partial charge in [-0.2, -0.15) is 0 Å². The van der Waals surface area contributed by atoms with E-state index in [1.807, 2.05) is 0 Å². The zero-order valence-corrected chi connectivity index (χ0v) is 14.9. The highest BCUT2D eigenvalue weighted by Crippen LogP contribution is 2.36. The fourth-order valence-electron chi connectivity index (χ4n) is 3.31. The van der Waals surface area contributed by atoms with Crippen molar-refractivity contribution in [3.8, 4) is 0 Å². The van der Waals surface area contributed by atoms with Crippen LogP contribution in [-0.2, 0) is 9.47 Å². The summed E-state index contributed by atoms with van der Waals surface area (Å²) < 4.78 is 10.6. The van der Waals surface area contributed by atoms with Crippen LogP contribution >= 0.6 is 0 Å². The van der Waals surface area contributed by atoms with Crippen LogP contribution in [0.15, 0.2) is 0 Å². The summed E-state index contributed by atoms with van der Waals surface area (Å²) in [6.07, 6.45) is 6.69. The van der Waals surface area contributed by atoms with Crippen LogP contribution in [0.3, 0.4) is 0 Å². The van der Waals surface area contributed by atoms with Crippen molar-refractivity contribution in [1.82, 2.24) is 5.32 Å². The number of hydrogen-bond acceptors (Lipinski definition) is 3. The highest BCUT2D eigenvalue weighted by molar-refractivity contribution is 4.82. The topological polar surface area (TPSA) is 30.5 Å². The molecular weight excluding hydrogens is 262 g/mol. The first-order chi connectivity index (χ1) is 9.92. The first-order valence-corrected chi connectivity index (χ1v) is 8.74. The average molecular weight is 299 g/mol.